The summed E-state index contributed by atoms with van der Waals surface area (Å²) in [7, 11) is 1.52. The molecule has 2 rings (SSSR count). The fourth-order valence-corrected chi connectivity index (χ4v) is 1.91. The van der Waals surface area contributed by atoms with Crippen LogP contribution in [-0.4, -0.2) is 17.1 Å². The number of benzene rings is 1. The van der Waals surface area contributed by atoms with Crippen LogP contribution >= 0.6 is 11.6 Å². The van der Waals surface area contributed by atoms with Crippen LogP contribution in [0.15, 0.2) is 30.6 Å². The number of ether oxygens (including phenoxy) is 1. The highest BCUT2D eigenvalue weighted by atomic mass is 35.5. The van der Waals surface area contributed by atoms with Gasteiger partial charge in [0.05, 0.1) is 7.11 Å². The number of hydrogen-bond donors (Lipinski definition) is 1. The molecule has 1 unspecified atom stereocenters. The smallest absolute Gasteiger partial charge is 0.216 e. The maximum Gasteiger partial charge on any atom is 0.216 e. The molecule has 6 heteroatoms. The van der Waals surface area contributed by atoms with E-state index < -0.39 is 6.04 Å². The molecule has 0 saturated carbocycles. The second kappa shape index (κ2) is 5.95. The number of rotatable bonds is 4. The Morgan fingerprint density at radius 2 is 2.16 bits per heavy atom. The van der Waals surface area contributed by atoms with Crippen molar-refractivity contribution in [2.24, 2.45) is 5.73 Å². The monoisotopic (exact) mass is 281 g/mol. The zero-order valence-electron chi connectivity index (χ0n) is 10.3. The first kappa shape index (κ1) is 13.7. The summed E-state index contributed by atoms with van der Waals surface area (Å²) >= 11 is 5.84. The summed E-state index contributed by atoms with van der Waals surface area (Å²) in [5.41, 5.74) is 7.03. The lowest BCUT2D eigenvalue weighted by molar-refractivity contribution is 0.395. The first-order chi connectivity index (χ1) is 9.10. The Bertz CT molecular complexity index is 580. The van der Waals surface area contributed by atoms with Gasteiger partial charge in [-0.05, 0) is 18.2 Å². The first-order valence-electron chi connectivity index (χ1n) is 5.65. The summed E-state index contributed by atoms with van der Waals surface area (Å²) in [6, 6.07) is 5.46. The third-order valence-corrected chi connectivity index (χ3v) is 2.93. The molecule has 1 aromatic heterocycles. The maximum atomic E-state index is 13.7. The molecule has 2 aromatic rings. The highest BCUT2D eigenvalue weighted by Gasteiger charge is 2.14. The minimum Gasteiger partial charge on any atom is -0.481 e. The molecule has 0 radical (unpaired) electrons. The van der Waals surface area contributed by atoms with Crippen LogP contribution in [0.4, 0.5) is 4.39 Å². The van der Waals surface area contributed by atoms with Crippen molar-refractivity contribution in [2.45, 2.75) is 12.5 Å². The van der Waals surface area contributed by atoms with Gasteiger partial charge in [0.25, 0.3) is 0 Å². The molecule has 1 atom stereocenters. The molecule has 2 N–H and O–H groups in total. The van der Waals surface area contributed by atoms with Crippen LogP contribution < -0.4 is 10.5 Å². The van der Waals surface area contributed by atoms with E-state index in [1.54, 1.807) is 6.07 Å². The van der Waals surface area contributed by atoms with Crippen molar-refractivity contribution in [2.75, 3.05) is 7.11 Å². The van der Waals surface area contributed by atoms with Crippen LogP contribution in [0.1, 0.15) is 17.3 Å². The summed E-state index contributed by atoms with van der Waals surface area (Å²) in [6.07, 6.45) is 1.76. The summed E-state index contributed by atoms with van der Waals surface area (Å²) < 4.78 is 18.7. The molecule has 0 aliphatic carbocycles. The van der Waals surface area contributed by atoms with E-state index in [-0.39, 0.29) is 5.82 Å². The summed E-state index contributed by atoms with van der Waals surface area (Å²) in [5.74, 6) is 0.0710. The van der Waals surface area contributed by atoms with Gasteiger partial charge in [0.2, 0.25) is 5.88 Å². The molecule has 100 valence electrons. The van der Waals surface area contributed by atoms with E-state index >= 15 is 0 Å². The second-order valence-electron chi connectivity index (χ2n) is 4.03. The molecule has 19 heavy (non-hydrogen) atoms. The zero-order valence-corrected chi connectivity index (χ0v) is 11.1. The quantitative estimate of drug-likeness (QED) is 0.935. The third kappa shape index (κ3) is 3.39. The average Bonchev–Trinajstić information content (AvgIpc) is 2.41. The lowest BCUT2D eigenvalue weighted by Gasteiger charge is -2.13. The number of nitrogens with zero attached hydrogens (tertiary/aromatic N) is 2. The van der Waals surface area contributed by atoms with E-state index in [0.29, 0.717) is 28.6 Å². The van der Waals surface area contributed by atoms with Crippen molar-refractivity contribution in [3.63, 3.8) is 0 Å². The van der Waals surface area contributed by atoms with Crippen molar-refractivity contribution >= 4 is 11.6 Å². The van der Waals surface area contributed by atoms with E-state index in [1.807, 2.05) is 0 Å². The highest BCUT2D eigenvalue weighted by molar-refractivity contribution is 6.30. The molecule has 0 amide bonds. The third-order valence-electron chi connectivity index (χ3n) is 2.69. The second-order valence-corrected chi connectivity index (χ2v) is 4.46. The van der Waals surface area contributed by atoms with E-state index in [1.165, 1.54) is 31.6 Å². The molecular weight excluding hydrogens is 269 g/mol. The largest absolute Gasteiger partial charge is 0.481 e. The number of nitrogens with two attached hydrogens (primary N) is 1. The van der Waals surface area contributed by atoms with Crippen LogP contribution in [0.25, 0.3) is 0 Å². The first-order valence-corrected chi connectivity index (χ1v) is 6.03. The van der Waals surface area contributed by atoms with Crippen LogP contribution in [0, 0.1) is 5.82 Å². The van der Waals surface area contributed by atoms with Crippen LogP contribution in [0.5, 0.6) is 5.88 Å². The van der Waals surface area contributed by atoms with Gasteiger partial charge < -0.3 is 10.5 Å². The molecule has 1 aromatic carbocycles. The summed E-state index contributed by atoms with van der Waals surface area (Å²) in [6.45, 7) is 0. The van der Waals surface area contributed by atoms with Gasteiger partial charge >= 0.3 is 0 Å². The van der Waals surface area contributed by atoms with Gasteiger partial charge in [-0.2, -0.15) is 0 Å². The van der Waals surface area contributed by atoms with Gasteiger partial charge in [0, 0.05) is 34.8 Å². The highest BCUT2D eigenvalue weighted by Crippen LogP contribution is 2.22. The van der Waals surface area contributed by atoms with Crippen molar-refractivity contribution in [3.8, 4) is 5.88 Å². The Morgan fingerprint density at radius 3 is 2.89 bits per heavy atom. The Balaban J connectivity index is 2.20. The van der Waals surface area contributed by atoms with Crippen molar-refractivity contribution in [1.29, 1.82) is 0 Å². The molecule has 0 spiro atoms. The van der Waals surface area contributed by atoms with Crippen molar-refractivity contribution < 1.29 is 9.13 Å². The average molecular weight is 282 g/mol. The molecule has 0 bridgehead atoms. The SMILES string of the molecule is COc1cc(CC(N)c2cc(Cl)ccc2F)ncn1. The van der Waals surface area contributed by atoms with E-state index in [0.717, 1.165) is 0 Å². The van der Waals surface area contributed by atoms with E-state index in [2.05, 4.69) is 9.97 Å². The van der Waals surface area contributed by atoms with Gasteiger partial charge in [0.1, 0.15) is 12.1 Å². The number of methoxy groups -OCH3 is 1. The number of aromatic nitrogens is 2. The summed E-state index contributed by atoms with van der Waals surface area (Å²) in [5, 5.41) is 0.451. The minimum atomic E-state index is -0.529. The minimum absolute atomic E-state index is 0.366. The van der Waals surface area contributed by atoms with Gasteiger partial charge in [-0.25, -0.2) is 14.4 Å². The number of halogens is 2. The standard InChI is InChI=1S/C13H13ClFN3O/c1-19-13-6-9(17-7-18-13)5-12(16)10-4-8(14)2-3-11(10)15/h2-4,6-7,12H,5,16H2,1H3. The van der Waals surface area contributed by atoms with Gasteiger partial charge in [-0.1, -0.05) is 11.6 Å². The van der Waals surface area contributed by atoms with Gasteiger partial charge in [-0.15, -0.1) is 0 Å². The van der Waals surface area contributed by atoms with E-state index in [4.69, 9.17) is 22.1 Å². The molecule has 0 saturated heterocycles. The molecule has 0 aliphatic heterocycles. The van der Waals surface area contributed by atoms with Crippen LogP contribution in [-0.2, 0) is 6.42 Å². The van der Waals surface area contributed by atoms with Gasteiger partial charge in [0.15, 0.2) is 0 Å². The van der Waals surface area contributed by atoms with Crippen LogP contribution in [0.3, 0.4) is 0 Å². The fourth-order valence-electron chi connectivity index (χ4n) is 1.73. The van der Waals surface area contributed by atoms with Crippen LogP contribution in [0.2, 0.25) is 5.02 Å². The molecule has 0 fully saturated rings. The fraction of sp³-hybridized carbons (Fsp3) is 0.231. The zero-order chi connectivity index (χ0) is 13.8. The maximum absolute atomic E-state index is 13.7. The molecule has 0 aliphatic rings. The lowest BCUT2D eigenvalue weighted by atomic mass is 10.0. The normalized spacial score (nSPS) is 12.2. The Hall–Kier alpha value is -1.72. The van der Waals surface area contributed by atoms with Crippen molar-refractivity contribution in [3.05, 3.63) is 52.7 Å². The van der Waals surface area contributed by atoms with Crippen molar-refractivity contribution in [1.82, 2.24) is 9.97 Å². The van der Waals surface area contributed by atoms with Gasteiger partial charge in [-0.3, -0.25) is 0 Å². The van der Waals surface area contributed by atoms with E-state index in [9.17, 15) is 4.39 Å². The molecule has 4 nitrogen and oxygen atoms in total. The summed E-state index contributed by atoms with van der Waals surface area (Å²) in [4.78, 5) is 7.98. The lowest BCUT2D eigenvalue weighted by Crippen LogP contribution is -2.16. The topological polar surface area (TPSA) is 61.0 Å². The number of hydrogen-bond acceptors (Lipinski definition) is 4. The molecule has 1 heterocycles. The molecular formula is C13H13ClFN3O. The Labute approximate surface area is 115 Å². The Kier molecular flexibility index (Phi) is 4.29. The Morgan fingerprint density at radius 1 is 1.37 bits per heavy atom. The predicted octanol–water partition coefficient (Wildman–Crippen LogP) is 2.52. The predicted molar refractivity (Wildman–Crippen MR) is 70.6 cm³/mol.